The van der Waals surface area contributed by atoms with E-state index in [1.165, 1.54) is 27.8 Å². The van der Waals surface area contributed by atoms with E-state index in [1.54, 1.807) is 11.3 Å². The van der Waals surface area contributed by atoms with Gasteiger partial charge in [0.25, 0.3) is 0 Å². The summed E-state index contributed by atoms with van der Waals surface area (Å²) in [6.45, 7) is 6.22. The van der Waals surface area contributed by atoms with E-state index in [2.05, 4.69) is 42.2 Å². The van der Waals surface area contributed by atoms with Crippen molar-refractivity contribution in [2.75, 3.05) is 26.7 Å². The average Bonchev–Trinajstić information content (AvgIpc) is 2.94. The molecule has 0 spiro atoms. The van der Waals surface area contributed by atoms with Crippen molar-refractivity contribution in [1.29, 1.82) is 0 Å². The molecule has 1 aliphatic rings. The van der Waals surface area contributed by atoms with Crippen molar-refractivity contribution in [3.8, 4) is 0 Å². The maximum Gasteiger partial charge on any atom is 0.223 e. The number of nitrogens with zero attached hydrogens (tertiary/aromatic N) is 2. The van der Waals surface area contributed by atoms with E-state index in [0.717, 1.165) is 25.6 Å². The Balaban J connectivity index is 1.51. The fourth-order valence-electron chi connectivity index (χ4n) is 3.37. The highest BCUT2D eigenvalue weighted by Crippen LogP contribution is 2.26. The number of fused-ring (bicyclic) bond motifs is 1. The first-order valence-corrected chi connectivity index (χ1v) is 9.37. The highest BCUT2D eigenvalue weighted by Gasteiger charge is 2.18. The first-order chi connectivity index (χ1) is 11.1. The van der Waals surface area contributed by atoms with Crippen molar-refractivity contribution in [2.24, 2.45) is 5.92 Å². The molecule has 1 amide bonds. The monoisotopic (exact) mass is 330 g/mol. The van der Waals surface area contributed by atoms with Gasteiger partial charge in [-0.05, 0) is 42.8 Å². The first kappa shape index (κ1) is 16.5. The molecule has 1 aromatic carbocycles. The fourth-order valence-corrected chi connectivity index (χ4v) is 4.49. The van der Waals surface area contributed by atoms with Gasteiger partial charge < -0.3 is 9.80 Å². The van der Waals surface area contributed by atoms with Gasteiger partial charge in [0.15, 0.2) is 0 Å². The number of rotatable bonds is 5. The van der Waals surface area contributed by atoms with Crippen molar-refractivity contribution >= 4 is 27.3 Å². The largest absolute Gasteiger partial charge is 0.341 e. The van der Waals surface area contributed by atoms with Crippen LogP contribution >= 0.6 is 11.3 Å². The number of piperidine rings is 1. The summed E-state index contributed by atoms with van der Waals surface area (Å²) in [5, 5.41) is 1.27. The minimum absolute atomic E-state index is 0.251. The van der Waals surface area contributed by atoms with Gasteiger partial charge in [-0.3, -0.25) is 4.79 Å². The first-order valence-electron chi connectivity index (χ1n) is 8.55. The van der Waals surface area contributed by atoms with Crippen LogP contribution in [0.5, 0.6) is 0 Å². The Morgan fingerprint density at radius 1 is 1.39 bits per heavy atom. The Hall–Kier alpha value is -1.39. The zero-order valence-corrected chi connectivity index (χ0v) is 14.9. The van der Waals surface area contributed by atoms with Crippen molar-refractivity contribution in [3.63, 3.8) is 0 Å². The third-order valence-corrected chi connectivity index (χ3v) is 5.78. The summed E-state index contributed by atoms with van der Waals surface area (Å²) in [6.07, 6.45) is 3.23. The van der Waals surface area contributed by atoms with E-state index in [4.69, 9.17) is 0 Å². The Morgan fingerprint density at radius 2 is 2.22 bits per heavy atom. The molecule has 1 fully saturated rings. The number of hydrogen-bond acceptors (Lipinski definition) is 3. The van der Waals surface area contributed by atoms with Gasteiger partial charge in [-0.2, -0.15) is 0 Å². The molecule has 0 radical (unpaired) electrons. The lowest BCUT2D eigenvalue weighted by Gasteiger charge is -2.31. The molecule has 2 aromatic rings. The molecular weight excluding hydrogens is 304 g/mol. The van der Waals surface area contributed by atoms with Crippen molar-refractivity contribution in [1.82, 2.24) is 9.80 Å². The van der Waals surface area contributed by atoms with Gasteiger partial charge in [0.05, 0.1) is 6.54 Å². The van der Waals surface area contributed by atoms with Crippen LogP contribution in [0.25, 0.3) is 10.1 Å². The van der Waals surface area contributed by atoms with E-state index >= 15 is 0 Å². The molecule has 23 heavy (non-hydrogen) atoms. The number of hydrogen-bond donors (Lipinski definition) is 0. The molecule has 1 aliphatic heterocycles. The zero-order chi connectivity index (χ0) is 16.2. The molecule has 0 saturated carbocycles. The SMILES string of the molecule is C[C@H]1CCCN(CCC(=O)N(C)Cc2cc3ccccc3s2)C1. The average molecular weight is 330 g/mol. The summed E-state index contributed by atoms with van der Waals surface area (Å²) >= 11 is 1.79. The number of carbonyl (C=O) groups excluding carboxylic acids is 1. The van der Waals surface area contributed by atoms with Crippen molar-refractivity contribution in [3.05, 3.63) is 35.2 Å². The molecule has 124 valence electrons. The summed E-state index contributed by atoms with van der Waals surface area (Å²) < 4.78 is 1.30. The lowest BCUT2D eigenvalue weighted by molar-refractivity contribution is -0.130. The highest BCUT2D eigenvalue weighted by molar-refractivity contribution is 7.19. The summed E-state index contributed by atoms with van der Waals surface area (Å²) in [4.78, 5) is 18.0. The molecule has 0 unspecified atom stereocenters. The van der Waals surface area contributed by atoms with Crippen LogP contribution in [-0.2, 0) is 11.3 Å². The van der Waals surface area contributed by atoms with Crippen LogP contribution in [0.15, 0.2) is 30.3 Å². The van der Waals surface area contributed by atoms with E-state index in [1.807, 2.05) is 11.9 Å². The van der Waals surface area contributed by atoms with Crippen LogP contribution in [-0.4, -0.2) is 42.4 Å². The Bertz CT molecular complexity index is 633. The van der Waals surface area contributed by atoms with E-state index in [9.17, 15) is 4.79 Å². The maximum absolute atomic E-state index is 12.4. The lowest BCUT2D eigenvalue weighted by Crippen LogP contribution is -2.37. The van der Waals surface area contributed by atoms with Crippen molar-refractivity contribution < 1.29 is 4.79 Å². The second kappa shape index (κ2) is 7.45. The van der Waals surface area contributed by atoms with Crippen LogP contribution in [0.1, 0.15) is 31.1 Å². The number of amides is 1. The molecule has 0 bridgehead atoms. The Morgan fingerprint density at radius 3 is 3.00 bits per heavy atom. The third-order valence-electron chi connectivity index (χ3n) is 4.68. The summed E-state index contributed by atoms with van der Waals surface area (Å²) in [5.41, 5.74) is 0. The van der Waals surface area contributed by atoms with E-state index in [0.29, 0.717) is 13.0 Å². The molecule has 1 atom stereocenters. The summed E-state index contributed by atoms with van der Waals surface area (Å²) in [7, 11) is 1.92. The fraction of sp³-hybridized carbons (Fsp3) is 0.526. The van der Waals surface area contributed by atoms with Gasteiger partial charge in [0.1, 0.15) is 0 Å². The minimum Gasteiger partial charge on any atom is -0.341 e. The number of carbonyl (C=O) groups is 1. The van der Waals surface area contributed by atoms with Crippen molar-refractivity contribution in [2.45, 2.75) is 32.7 Å². The predicted molar refractivity (Wildman–Crippen MR) is 97.8 cm³/mol. The Labute approximate surface area is 142 Å². The van der Waals surface area contributed by atoms with Crippen LogP contribution < -0.4 is 0 Å². The van der Waals surface area contributed by atoms with Gasteiger partial charge >= 0.3 is 0 Å². The predicted octanol–water partition coefficient (Wildman–Crippen LogP) is 3.98. The standard InChI is InChI=1S/C19H26N2OS/c1-15-6-5-10-21(13-15)11-9-19(22)20(2)14-17-12-16-7-3-4-8-18(16)23-17/h3-4,7-8,12,15H,5-6,9-11,13-14H2,1-2H3/t15-/m0/s1. The molecule has 4 heteroatoms. The van der Waals surface area contributed by atoms with E-state index in [-0.39, 0.29) is 5.91 Å². The number of benzene rings is 1. The van der Waals surface area contributed by atoms with Gasteiger partial charge in [-0.15, -0.1) is 11.3 Å². The zero-order valence-electron chi connectivity index (χ0n) is 14.1. The normalized spacial score (nSPS) is 19.1. The summed E-state index contributed by atoms with van der Waals surface area (Å²) in [6, 6.07) is 10.6. The second-order valence-corrected chi connectivity index (χ2v) is 7.97. The highest BCUT2D eigenvalue weighted by atomic mass is 32.1. The molecule has 3 rings (SSSR count). The molecule has 1 saturated heterocycles. The lowest BCUT2D eigenvalue weighted by atomic mass is 10.0. The van der Waals surface area contributed by atoms with Gasteiger partial charge in [0.2, 0.25) is 5.91 Å². The molecule has 1 aromatic heterocycles. The van der Waals surface area contributed by atoms with E-state index < -0.39 is 0 Å². The molecule has 0 N–H and O–H groups in total. The quantitative estimate of drug-likeness (QED) is 0.828. The van der Waals surface area contributed by atoms with Gasteiger partial charge in [-0.25, -0.2) is 0 Å². The van der Waals surface area contributed by atoms with Crippen LogP contribution in [0.3, 0.4) is 0 Å². The molecule has 2 heterocycles. The van der Waals surface area contributed by atoms with Gasteiger partial charge in [-0.1, -0.05) is 25.1 Å². The van der Waals surface area contributed by atoms with Crippen LogP contribution in [0.2, 0.25) is 0 Å². The maximum atomic E-state index is 12.4. The second-order valence-electron chi connectivity index (χ2n) is 6.80. The number of likely N-dealkylation sites (tertiary alicyclic amines) is 1. The molecular formula is C19H26N2OS. The third kappa shape index (κ3) is 4.33. The van der Waals surface area contributed by atoms with Gasteiger partial charge in [0, 0.05) is 36.1 Å². The smallest absolute Gasteiger partial charge is 0.223 e. The molecule has 3 nitrogen and oxygen atoms in total. The minimum atomic E-state index is 0.251. The topological polar surface area (TPSA) is 23.6 Å². The van der Waals surface area contributed by atoms with Crippen LogP contribution in [0.4, 0.5) is 0 Å². The number of thiophene rings is 1. The Kier molecular flexibility index (Phi) is 5.34. The van der Waals surface area contributed by atoms with Crippen LogP contribution in [0, 0.1) is 5.92 Å². The molecule has 0 aliphatic carbocycles. The summed E-state index contributed by atoms with van der Waals surface area (Å²) in [5.74, 6) is 1.02.